The van der Waals surface area contributed by atoms with Crippen molar-refractivity contribution in [1.82, 2.24) is 14.9 Å². The van der Waals surface area contributed by atoms with Gasteiger partial charge in [-0.25, -0.2) is 9.97 Å². The molecule has 0 aliphatic carbocycles. The Bertz CT molecular complexity index is 677. The van der Waals surface area contributed by atoms with Gasteiger partial charge in [0, 0.05) is 20.0 Å². The second kappa shape index (κ2) is 7.85. The summed E-state index contributed by atoms with van der Waals surface area (Å²) >= 11 is 0. The molecule has 1 unspecified atom stereocenters. The van der Waals surface area contributed by atoms with Crippen LogP contribution in [0.2, 0.25) is 0 Å². The number of para-hydroxylation sites is 1. The highest BCUT2D eigenvalue weighted by atomic mass is 16.5. The van der Waals surface area contributed by atoms with Crippen LogP contribution in [0.1, 0.15) is 18.4 Å². The number of carbonyl (C=O) groups is 1. The van der Waals surface area contributed by atoms with Gasteiger partial charge in [0.1, 0.15) is 0 Å². The van der Waals surface area contributed by atoms with Crippen molar-refractivity contribution in [2.45, 2.75) is 25.5 Å². The zero-order valence-electron chi connectivity index (χ0n) is 13.3. The molecular weight excluding hydrogens is 298 g/mol. The van der Waals surface area contributed by atoms with Gasteiger partial charge in [0.15, 0.2) is 0 Å². The molecule has 1 heterocycles. The molecule has 0 saturated heterocycles. The Labute approximate surface area is 134 Å². The van der Waals surface area contributed by atoms with Crippen molar-refractivity contribution in [3.63, 3.8) is 0 Å². The van der Waals surface area contributed by atoms with Gasteiger partial charge in [0.25, 0.3) is 0 Å². The lowest BCUT2D eigenvalue weighted by Gasteiger charge is -2.18. The van der Waals surface area contributed by atoms with Crippen LogP contribution in [-0.2, 0) is 11.3 Å². The van der Waals surface area contributed by atoms with Crippen molar-refractivity contribution in [3.05, 3.63) is 30.0 Å². The fourth-order valence-corrected chi connectivity index (χ4v) is 2.22. The van der Waals surface area contributed by atoms with Crippen LogP contribution in [0.4, 0.5) is 0 Å². The highest BCUT2D eigenvalue weighted by Crippen LogP contribution is 2.19. The fraction of sp³-hybridized carbons (Fsp3) is 0.438. The lowest BCUT2D eigenvalue weighted by Crippen LogP contribution is -2.27. The quantitative estimate of drug-likeness (QED) is 0.781. The first-order chi connectivity index (χ1) is 11.0. The molecule has 0 spiro atoms. The molecule has 0 aliphatic heterocycles. The Hall–Kier alpha value is -2.25. The standard InChI is InChI=1S/C16H21N3O4/c1-19(15(22)7-6-12(21)10-20)9-11-4-3-5-13-16(11)18-14(23-2)8-17-13/h3-5,8,12,20-21H,6-7,9-10H2,1-2H3. The van der Waals surface area contributed by atoms with E-state index in [0.717, 1.165) is 11.1 Å². The van der Waals surface area contributed by atoms with Crippen LogP contribution in [-0.4, -0.2) is 57.9 Å². The van der Waals surface area contributed by atoms with Gasteiger partial charge in [-0.05, 0) is 18.1 Å². The van der Waals surface area contributed by atoms with Crippen LogP contribution in [0.3, 0.4) is 0 Å². The monoisotopic (exact) mass is 319 g/mol. The zero-order valence-corrected chi connectivity index (χ0v) is 13.3. The molecule has 1 aromatic heterocycles. The fourth-order valence-electron chi connectivity index (χ4n) is 2.22. The number of amides is 1. The second-order valence-corrected chi connectivity index (χ2v) is 5.32. The van der Waals surface area contributed by atoms with Crippen LogP contribution in [0.25, 0.3) is 11.0 Å². The van der Waals surface area contributed by atoms with Gasteiger partial charge >= 0.3 is 0 Å². The van der Waals surface area contributed by atoms with Crippen molar-refractivity contribution >= 4 is 16.9 Å². The number of carbonyl (C=O) groups excluding carboxylic acids is 1. The van der Waals surface area contributed by atoms with Crippen LogP contribution >= 0.6 is 0 Å². The van der Waals surface area contributed by atoms with Gasteiger partial charge in [0.2, 0.25) is 11.8 Å². The van der Waals surface area contributed by atoms with E-state index < -0.39 is 6.10 Å². The van der Waals surface area contributed by atoms with Gasteiger partial charge in [-0.1, -0.05) is 12.1 Å². The van der Waals surface area contributed by atoms with Crippen LogP contribution in [0.5, 0.6) is 5.88 Å². The second-order valence-electron chi connectivity index (χ2n) is 5.32. The van der Waals surface area contributed by atoms with E-state index in [1.807, 2.05) is 18.2 Å². The van der Waals surface area contributed by atoms with E-state index in [4.69, 9.17) is 9.84 Å². The topological polar surface area (TPSA) is 95.8 Å². The third-order valence-electron chi connectivity index (χ3n) is 3.58. The Morgan fingerprint density at radius 1 is 1.43 bits per heavy atom. The molecular formula is C16H21N3O4. The third kappa shape index (κ3) is 4.37. The van der Waals surface area contributed by atoms with E-state index in [9.17, 15) is 9.90 Å². The van der Waals surface area contributed by atoms with Gasteiger partial charge in [0.05, 0.1) is 37.1 Å². The van der Waals surface area contributed by atoms with E-state index in [2.05, 4.69) is 9.97 Å². The summed E-state index contributed by atoms with van der Waals surface area (Å²) in [5.41, 5.74) is 2.30. The van der Waals surface area contributed by atoms with E-state index in [-0.39, 0.29) is 25.4 Å². The maximum Gasteiger partial charge on any atom is 0.232 e. The summed E-state index contributed by atoms with van der Waals surface area (Å²) in [4.78, 5) is 22.4. The van der Waals surface area contributed by atoms with Crippen LogP contribution in [0.15, 0.2) is 24.4 Å². The average Bonchev–Trinajstić information content (AvgIpc) is 2.59. The number of aliphatic hydroxyl groups is 2. The van der Waals surface area contributed by atoms with Crippen molar-refractivity contribution in [2.24, 2.45) is 0 Å². The Kier molecular flexibility index (Phi) is 5.84. The maximum atomic E-state index is 12.1. The number of fused-ring (bicyclic) bond motifs is 1. The minimum atomic E-state index is -0.861. The number of hydrogen-bond donors (Lipinski definition) is 2. The largest absolute Gasteiger partial charge is 0.480 e. The number of aliphatic hydroxyl groups excluding tert-OH is 2. The molecule has 1 atom stereocenters. The third-order valence-corrected chi connectivity index (χ3v) is 3.58. The number of ether oxygens (including phenoxy) is 1. The van der Waals surface area contributed by atoms with Crippen molar-refractivity contribution in [3.8, 4) is 5.88 Å². The number of nitrogens with zero attached hydrogens (tertiary/aromatic N) is 3. The minimum absolute atomic E-state index is 0.106. The molecule has 124 valence electrons. The normalized spacial score (nSPS) is 12.2. The molecule has 0 aliphatic rings. The van der Waals surface area contributed by atoms with E-state index >= 15 is 0 Å². The predicted octanol–water partition coefficient (Wildman–Crippen LogP) is 0.730. The molecule has 2 N–H and O–H groups in total. The minimum Gasteiger partial charge on any atom is -0.480 e. The lowest BCUT2D eigenvalue weighted by molar-refractivity contribution is -0.131. The van der Waals surface area contributed by atoms with Crippen molar-refractivity contribution in [2.75, 3.05) is 20.8 Å². The van der Waals surface area contributed by atoms with E-state index in [1.54, 1.807) is 18.1 Å². The molecule has 0 saturated carbocycles. The summed E-state index contributed by atoms with van der Waals surface area (Å²) < 4.78 is 5.10. The first-order valence-corrected chi connectivity index (χ1v) is 7.36. The number of benzene rings is 1. The van der Waals surface area contributed by atoms with E-state index in [1.165, 1.54) is 7.11 Å². The first kappa shape index (κ1) is 17.1. The van der Waals surface area contributed by atoms with Crippen LogP contribution in [0, 0.1) is 0 Å². The predicted molar refractivity (Wildman–Crippen MR) is 84.9 cm³/mol. The molecule has 1 amide bonds. The molecule has 2 aromatic rings. The number of aromatic nitrogens is 2. The van der Waals surface area contributed by atoms with E-state index in [0.29, 0.717) is 17.9 Å². The lowest BCUT2D eigenvalue weighted by atomic mass is 10.1. The summed E-state index contributed by atoms with van der Waals surface area (Å²) in [6.45, 7) is 0.0446. The maximum absolute atomic E-state index is 12.1. The summed E-state index contributed by atoms with van der Waals surface area (Å²) in [7, 11) is 3.22. The molecule has 23 heavy (non-hydrogen) atoms. The molecule has 0 fully saturated rings. The van der Waals surface area contributed by atoms with Gasteiger partial charge in [-0.15, -0.1) is 0 Å². The summed E-state index contributed by atoms with van der Waals surface area (Å²) in [5, 5.41) is 18.1. The number of methoxy groups -OCH3 is 1. The molecule has 0 radical (unpaired) electrons. The van der Waals surface area contributed by atoms with Gasteiger partial charge < -0.3 is 19.8 Å². The highest BCUT2D eigenvalue weighted by molar-refractivity contribution is 5.80. The van der Waals surface area contributed by atoms with Crippen molar-refractivity contribution < 1.29 is 19.7 Å². The number of hydrogen-bond acceptors (Lipinski definition) is 6. The summed E-state index contributed by atoms with van der Waals surface area (Å²) in [6, 6.07) is 5.61. The van der Waals surface area contributed by atoms with Gasteiger partial charge in [-0.3, -0.25) is 4.79 Å². The Morgan fingerprint density at radius 3 is 2.91 bits per heavy atom. The molecule has 7 nitrogen and oxygen atoms in total. The first-order valence-electron chi connectivity index (χ1n) is 7.36. The van der Waals surface area contributed by atoms with Crippen LogP contribution < -0.4 is 4.74 Å². The zero-order chi connectivity index (χ0) is 16.8. The molecule has 2 rings (SSSR count). The Morgan fingerprint density at radius 2 is 2.22 bits per heavy atom. The molecule has 0 bridgehead atoms. The highest BCUT2D eigenvalue weighted by Gasteiger charge is 2.14. The van der Waals surface area contributed by atoms with Crippen molar-refractivity contribution in [1.29, 1.82) is 0 Å². The molecule has 1 aromatic carbocycles. The number of rotatable bonds is 7. The SMILES string of the molecule is COc1cnc2cccc(CN(C)C(=O)CCC(O)CO)c2n1. The molecule has 7 heteroatoms. The Balaban J connectivity index is 2.12. The summed E-state index contributed by atoms with van der Waals surface area (Å²) in [6.07, 6.45) is 1.11. The smallest absolute Gasteiger partial charge is 0.232 e. The summed E-state index contributed by atoms with van der Waals surface area (Å²) in [5.74, 6) is 0.315. The van der Waals surface area contributed by atoms with Gasteiger partial charge in [-0.2, -0.15) is 0 Å². The average molecular weight is 319 g/mol.